The molecule has 0 radical (unpaired) electrons. The summed E-state index contributed by atoms with van der Waals surface area (Å²) in [5.41, 5.74) is 5.66. The minimum atomic E-state index is 0.635. The van der Waals surface area contributed by atoms with Gasteiger partial charge in [0.1, 0.15) is 0 Å². The van der Waals surface area contributed by atoms with Crippen LogP contribution in [0.1, 0.15) is 47.2 Å². The van der Waals surface area contributed by atoms with Crippen LogP contribution in [-0.2, 0) is 13.1 Å². The molecule has 2 heterocycles. The number of aromatic nitrogens is 3. The fourth-order valence-corrected chi connectivity index (χ4v) is 3.05. The molecule has 1 saturated carbocycles. The third kappa shape index (κ3) is 2.99. The predicted octanol–water partition coefficient (Wildman–Crippen LogP) is 3.64. The van der Waals surface area contributed by atoms with Gasteiger partial charge in [-0.2, -0.15) is 5.10 Å². The quantitative estimate of drug-likeness (QED) is 0.753. The van der Waals surface area contributed by atoms with Crippen molar-refractivity contribution in [3.8, 4) is 5.69 Å². The summed E-state index contributed by atoms with van der Waals surface area (Å²) in [6.45, 7) is 5.63. The first-order valence-corrected chi connectivity index (χ1v) is 8.49. The van der Waals surface area contributed by atoms with E-state index in [0.29, 0.717) is 12.5 Å². The Kier molecular flexibility index (Phi) is 3.94. The summed E-state index contributed by atoms with van der Waals surface area (Å²) in [5.74, 6) is 1.54. The van der Waals surface area contributed by atoms with Gasteiger partial charge in [-0.05, 0) is 38.8 Å². The molecular weight excluding hydrogens is 300 g/mol. The van der Waals surface area contributed by atoms with E-state index in [4.69, 9.17) is 4.52 Å². The first-order chi connectivity index (χ1) is 11.7. The van der Waals surface area contributed by atoms with Gasteiger partial charge >= 0.3 is 0 Å². The number of nitrogens with zero attached hydrogens (tertiary/aromatic N) is 3. The molecule has 0 spiro atoms. The molecular formula is C19H22N4O. The van der Waals surface area contributed by atoms with Crippen LogP contribution < -0.4 is 5.32 Å². The third-order valence-electron chi connectivity index (χ3n) is 4.62. The Morgan fingerprint density at radius 3 is 2.71 bits per heavy atom. The van der Waals surface area contributed by atoms with E-state index in [0.717, 1.165) is 29.4 Å². The van der Waals surface area contributed by atoms with Gasteiger partial charge in [0.2, 0.25) is 0 Å². The molecule has 1 N–H and O–H groups in total. The second-order valence-electron chi connectivity index (χ2n) is 6.49. The molecule has 124 valence electrons. The molecule has 0 saturated heterocycles. The zero-order valence-electron chi connectivity index (χ0n) is 14.1. The molecule has 3 aromatic rings. The number of para-hydroxylation sites is 1. The first-order valence-electron chi connectivity index (χ1n) is 8.49. The lowest BCUT2D eigenvalue weighted by atomic mass is 10.2. The van der Waals surface area contributed by atoms with Crippen molar-refractivity contribution in [2.45, 2.75) is 45.7 Å². The standard InChI is InChI=1S/C19H22N4O/c1-13-18(14(2)23(21-13)16-6-4-3-5-7-16)12-20-11-17-10-19(22-24-17)15-8-9-15/h3-7,10,15,20H,8-9,11-12H2,1-2H3. The largest absolute Gasteiger partial charge is 0.360 e. The number of hydrogen-bond acceptors (Lipinski definition) is 4. The molecule has 1 fully saturated rings. The molecule has 0 atom stereocenters. The molecule has 0 unspecified atom stereocenters. The van der Waals surface area contributed by atoms with Crippen molar-refractivity contribution < 1.29 is 4.52 Å². The van der Waals surface area contributed by atoms with Crippen molar-refractivity contribution in [2.75, 3.05) is 0 Å². The Balaban J connectivity index is 1.43. The van der Waals surface area contributed by atoms with Gasteiger partial charge in [-0.1, -0.05) is 23.4 Å². The number of aryl methyl sites for hydroxylation is 1. The van der Waals surface area contributed by atoms with Crippen molar-refractivity contribution in [1.29, 1.82) is 0 Å². The fourth-order valence-electron chi connectivity index (χ4n) is 3.05. The molecule has 0 bridgehead atoms. The maximum atomic E-state index is 5.41. The smallest absolute Gasteiger partial charge is 0.150 e. The minimum Gasteiger partial charge on any atom is -0.360 e. The summed E-state index contributed by atoms with van der Waals surface area (Å²) >= 11 is 0. The second-order valence-corrected chi connectivity index (χ2v) is 6.49. The third-order valence-corrected chi connectivity index (χ3v) is 4.62. The lowest BCUT2D eigenvalue weighted by Gasteiger charge is -2.06. The Morgan fingerprint density at radius 2 is 1.96 bits per heavy atom. The van der Waals surface area contributed by atoms with Gasteiger partial charge in [0, 0.05) is 29.8 Å². The van der Waals surface area contributed by atoms with E-state index in [1.165, 1.54) is 24.1 Å². The molecule has 0 aliphatic heterocycles. The topological polar surface area (TPSA) is 55.9 Å². The summed E-state index contributed by atoms with van der Waals surface area (Å²) in [6, 6.07) is 12.3. The Hall–Kier alpha value is -2.40. The van der Waals surface area contributed by atoms with Crippen molar-refractivity contribution >= 4 is 0 Å². The van der Waals surface area contributed by atoms with Crippen LogP contribution in [0.2, 0.25) is 0 Å². The van der Waals surface area contributed by atoms with Crippen molar-refractivity contribution in [3.63, 3.8) is 0 Å². The zero-order valence-corrected chi connectivity index (χ0v) is 14.1. The fraction of sp³-hybridized carbons (Fsp3) is 0.368. The number of nitrogens with one attached hydrogen (secondary N) is 1. The van der Waals surface area contributed by atoms with Gasteiger partial charge in [0.05, 0.1) is 23.6 Å². The average molecular weight is 322 g/mol. The van der Waals surface area contributed by atoms with Gasteiger partial charge in [0.25, 0.3) is 0 Å². The van der Waals surface area contributed by atoms with Crippen molar-refractivity contribution in [2.24, 2.45) is 0 Å². The van der Waals surface area contributed by atoms with Gasteiger partial charge in [-0.3, -0.25) is 0 Å². The van der Waals surface area contributed by atoms with Crippen LogP contribution in [0.15, 0.2) is 40.9 Å². The highest BCUT2D eigenvalue weighted by atomic mass is 16.5. The molecule has 1 aliphatic rings. The van der Waals surface area contributed by atoms with E-state index in [1.807, 2.05) is 22.9 Å². The summed E-state index contributed by atoms with van der Waals surface area (Å²) in [7, 11) is 0. The summed E-state index contributed by atoms with van der Waals surface area (Å²) < 4.78 is 7.41. The highest BCUT2D eigenvalue weighted by molar-refractivity contribution is 5.36. The first kappa shape index (κ1) is 15.1. The number of hydrogen-bond donors (Lipinski definition) is 1. The van der Waals surface area contributed by atoms with Crippen LogP contribution in [0.3, 0.4) is 0 Å². The van der Waals surface area contributed by atoms with Gasteiger partial charge in [0.15, 0.2) is 5.76 Å². The monoisotopic (exact) mass is 322 g/mol. The number of rotatable bonds is 6. The van der Waals surface area contributed by atoms with Crippen molar-refractivity contribution in [3.05, 3.63) is 64.8 Å². The van der Waals surface area contributed by atoms with E-state index in [1.54, 1.807) is 0 Å². The summed E-state index contributed by atoms with van der Waals surface area (Å²) in [4.78, 5) is 0. The van der Waals surface area contributed by atoms with Crippen LogP contribution in [-0.4, -0.2) is 14.9 Å². The Morgan fingerprint density at radius 1 is 1.17 bits per heavy atom. The molecule has 1 aromatic carbocycles. The van der Waals surface area contributed by atoms with E-state index in [9.17, 15) is 0 Å². The molecule has 0 amide bonds. The maximum Gasteiger partial charge on any atom is 0.150 e. The van der Waals surface area contributed by atoms with E-state index in [2.05, 4.69) is 47.6 Å². The molecule has 1 aliphatic carbocycles. The van der Waals surface area contributed by atoms with Crippen LogP contribution in [0.4, 0.5) is 0 Å². The molecule has 5 heteroatoms. The average Bonchev–Trinajstić information content (AvgIpc) is 3.28. The van der Waals surface area contributed by atoms with E-state index >= 15 is 0 Å². The van der Waals surface area contributed by atoms with Crippen molar-refractivity contribution in [1.82, 2.24) is 20.3 Å². The second kappa shape index (κ2) is 6.24. The molecule has 24 heavy (non-hydrogen) atoms. The van der Waals surface area contributed by atoms with E-state index in [-0.39, 0.29) is 0 Å². The minimum absolute atomic E-state index is 0.635. The normalized spacial score (nSPS) is 14.2. The Bertz CT molecular complexity index is 830. The van der Waals surface area contributed by atoms with Crippen LogP contribution in [0, 0.1) is 13.8 Å². The lowest BCUT2D eigenvalue weighted by molar-refractivity contribution is 0.367. The summed E-state index contributed by atoms with van der Waals surface area (Å²) in [6.07, 6.45) is 2.49. The van der Waals surface area contributed by atoms with Gasteiger partial charge in [-0.25, -0.2) is 4.68 Å². The van der Waals surface area contributed by atoms with Gasteiger partial charge in [-0.15, -0.1) is 0 Å². The highest BCUT2D eigenvalue weighted by Gasteiger charge is 2.26. The summed E-state index contributed by atoms with van der Waals surface area (Å²) in [5, 5.41) is 12.3. The maximum absolute atomic E-state index is 5.41. The molecule has 2 aromatic heterocycles. The van der Waals surface area contributed by atoms with Crippen LogP contribution in [0.25, 0.3) is 5.69 Å². The number of benzene rings is 1. The highest BCUT2D eigenvalue weighted by Crippen LogP contribution is 2.39. The zero-order chi connectivity index (χ0) is 16.5. The van der Waals surface area contributed by atoms with Gasteiger partial charge < -0.3 is 9.84 Å². The predicted molar refractivity (Wildman–Crippen MR) is 92.1 cm³/mol. The van der Waals surface area contributed by atoms with Crippen LogP contribution >= 0.6 is 0 Å². The van der Waals surface area contributed by atoms with E-state index < -0.39 is 0 Å². The van der Waals surface area contributed by atoms with Crippen LogP contribution in [0.5, 0.6) is 0 Å². The molecule has 4 rings (SSSR count). The SMILES string of the molecule is Cc1nn(-c2ccccc2)c(C)c1CNCc1cc(C2CC2)no1. The Labute approximate surface area is 141 Å². The molecule has 5 nitrogen and oxygen atoms in total. The lowest BCUT2D eigenvalue weighted by Crippen LogP contribution is -2.13.